The molecule has 0 unspecified atom stereocenters. The molecule has 0 saturated heterocycles. The van der Waals surface area contributed by atoms with E-state index in [9.17, 15) is 4.79 Å². The van der Waals surface area contributed by atoms with Crippen molar-refractivity contribution in [2.24, 2.45) is 5.73 Å². The summed E-state index contributed by atoms with van der Waals surface area (Å²) in [6, 6.07) is 0. The van der Waals surface area contributed by atoms with Gasteiger partial charge in [-0.3, -0.25) is 4.79 Å². The lowest BCUT2D eigenvalue weighted by atomic mass is 10.1. The third-order valence-electron chi connectivity index (χ3n) is 3.61. The van der Waals surface area contributed by atoms with Crippen LogP contribution in [0.5, 0.6) is 0 Å². The Bertz CT molecular complexity index is 269. The van der Waals surface area contributed by atoms with Gasteiger partial charge in [0.2, 0.25) is 5.91 Å². The van der Waals surface area contributed by atoms with Gasteiger partial charge in [-0.1, -0.05) is 70.5 Å². The first-order valence-corrected chi connectivity index (χ1v) is 8.51. The minimum Gasteiger partial charge on any atom is -0.393 e. The standard InChI is InChI=1S/C16H32N2OS/c1-3-4-5-6-7-8-9-10-11-12-16(19)18(2)14-13-15(17)20/h3-14H2,1-2H3,(H2,17,20). The summed E-state index contributed by atoms with van der Waals surface area (Å²) in [5.41, 5.74) is 5.43. The molecule has 0 atom stereocenters. The van der Waals surface area contributed by atoms with Crippen LogP contribution in [0, 0.1) is 0 Å². The number of carbonyl (C=O) groups excluding carboxylic acids is 1. The zero-order chi connectivity index (χ0) is 15.2. The van der Waals surface area contributed by atoms with E-state index in [0.29, 0.717) is 24.4 Å². The highest BCUT2D eigenvalue weighted by Crippen LogP contribution is 2.11. The van der Waals surface area contributed by atoms with Crippen molar-refractivity contribution < 1.29 is 4.79 Å². The molecule has 0 rings (SSSR count). The first kappa shape index (κ1) is 19.4. The second-order valence-electron chi connectivity index (χ2n) is 5.61. The Labute approximate surface area is 130 Å². The summed E-state index contributed by atoms with van der Waals surface area (Å²) >= 11 is 4.81. The molecule has 0 radical (unpaired) electrons. The number of hydrogen-bond acceptors (Lipinski definition) is 2. The summed E-state index contributed by atoms with van der Waals surface area (Å²) in [7, 11) is 1.83. The van der Waals surface area contributed by atoms with Crippen LogP contribution < -0.4 is 5.73 Å². The average molecular weight is 301 g/mol. The molecule has 0 aromatic heterocycles. The van der Waals surface area contributed by atoms with Crippen LogP contribution in [0.25, 0.3) is 0 Å². The van der Waals surface area contributed by atoms with Crippen LogP contribution in [0.4, 0.5) is 0 Å². The molecule has 2 N–H and O–H groups in total. The van der Waals surface area contributed by atoms with E-state index < -0.39 is 0 Å². The Morgan fingerprint density at radius 1 is 0.950 bits per heavy atom. The summed E-state index contributed by atoms with van der Waals surface area (Å²) < 4.78 is 0. The van der Waals surface area contributed by atoms with Gasteiger partial charge in [-0.15, -0.1) is 0 Å². The molecule has 0 aliphatic carbocycles. The number of carbonyl (C=O) groups is 1. The Kier molecular flexibility index (Phi) is 12.9. The summed E-state index contributed by atoms with van der Waals surface area (Å²) in [5.74, 6) is 0.212. The lowest BCUT2D eigenvalue weighted by Gasteiger charge is -2.16. The van der Waals surface area contributed by atoms with E-state index in [2.05, 4.69) is 6.92 Å². The summed E-state index contributed by atoms with van der Waals surface area (Å²) in [5, 5.41) is 0. The van der Waals surface area contributed by atoms with Gasteiger partial charge in [0.1, 0.15) is 0 Å². The summed E-state index contributed by atoms with van der Waals surface area (Å²) in [4.78, 5) is 14.0. The largest absolute Gasteiger partial charge is 0.393 e. The van der Waals surface area contributed by atoms with Gasteiger partial charge in [-0.25, -0.2) is 0 Å². The molecule has 0 spiro atoms. The maximum absolute atomic E-state index is 11.8. The first-order valence-electron chi connectivity index (χ1n) is 8.10. The fourth-order valence-electron chi connectivity index (χ4n) is 2.18. The van der Waals surface area contributed by atoms with Crippen molar-refractivity contribution in [2.45, 2.75) is 77.6 Å². The van der Waals surface area contributed by atoms with E-state index in [4.69, 9.17) is 18.0 Å². The van der Waals surface area contributed by atoms with Crippen molar-refractivity contribution in [1.29, 1.82) is 0 Å². The van der Waals surface area contributed by atoms with Gasteiger partial charge in [0.25, 0.3) is 0 Å². The van der Waals surface area contributed by atoms with E-state index >= 15 is 0 Å². The number of amides is 1. The Hall–Kier alpha value is -0.640. The third kappa shape index (κ3) is 12.4. The van der Waals surface area contributed by atoms with Crippen molar-refractivity contribution >= 4 is 23.1 Å². The van der Waals surface area contributed by atoms with Crippen molar-refractivity contribution in [3.8, 4) is 0 Å². The number of hydrogen-bond donors (Lipinski definition) is 1. The molecule has 3 nitrogen and oxygen atoms in total. The molecule has 0 aliphatic rings. The molecular formula is C16H32N2OS. The first-order chi connectivity index (χ1) is 9.57. The van der Waals surface area contributed by atoms with Gasteiger partial charge in [0.15, 0.2) is 0 Å². The van der Waals surface area contributed by atoms with Crippen LogP contribution in [-0.2, 0) is 4.79 Å². The van der Waals surface area contributed by atoms with Crippen LogP contribution in [0.15, 0.2) is 0 Å². The van der Waals surface area contributed by atoms with Crippen LogP contribution in [0.2, 0.25) is 0 Å². The van der Waals surface area contributed by atoms with E-state index in [1.807, 2.05) is 7.05 Å². The molecule has 0 aliphatic heterocycles. The SMILES string of the molecule is CCCCCCCCCCCC(=O)N(C)CCC(N)=S. The van der Waals surface area contributed by atoms with Crippen LogP contribution in [0.3, 0.4) is 0 Å². The quantitative estimate of drug-likeness (QED) is 0.412. The number of thiocarbonyl (C=S) groups is 1. The molecule has 0 saturated carbocycles. The van der Waals surface area contributed by atoms with E-state index in [-0.39, 0.29) is 5.91 Å². The van der Waals surface area contributed by atoms with Crippen LogP contribution in [0.1, 0.15) is 77.6 Å². The fourth-order valence-corrected chi connectivity index (χ4v) is 2.27. The van der Waals surface area contributed by atoms with Crippen molar-refractivity contribution in [3.63, 3.8) is 0 Å². The smallest absolute Gasteiger partial charge is 0.222 e. The van der Waals surface area contributed by atoms with Crippen molar-refractivity contribution in [1.82, 2.24) is 4.90 Å². The molecular weight excluding hydrogens is 268 g/mol. The maximum atomic E-state index is 11.8. The Morgan fingerprint density at radius 2 is 1.45 bits per heavy atom. The maximum Gasteiger partial charge on any atom is 0.222 e. The highest BCUT2D eigenvalue weighted by Gasteiger charge is 2.07. The molecule has 0 aromatic carbocycles. The molecule has 0 fully saturated rings. The normalized spacial score (nSPS) is 10.5. The van der Waals surface area contributed by atoms with E-state index in [0.717, 1.165) is 6.42 Å². The second-order valence-corrected chi connectivity index (χ2v) is 6.13. The molecule has 118 valence electrons. The Morgan fingerprint density at radius 3 is 1.95 bits per heavy atom. The molecule has 0 heterocycles. The number of nitrogens with zero attached hydrogens (tertiary/aromatic N) is 1. The predicted octanol–water partition coefficient (Wildman–Crippen LogP) is 4.04. The van der Waals surface area contributed by atoms with Crippen molar-refractivity contribution in [2.75, 3.05) is 13.6 Å². The molecule has 4 heteroatoms. The van der Waals surface area contributed by atoms with E-state index in [1.54, 1.807) is 4.90 Å². The monoisotopic (exact) mass is 300 g/mol. The molecule has 0 bridgehead atoms. The number of rotatable bonds is 13. The van der Waals surface area contributed by atoms with Gasteiger partial charge in [0.05, 0.1) is 4.99 Å². The second kappa shape index (κ2) is 13.3. The highest BCUT2D eigenvalue weighted by atomic mass is 32.1. The minimum absolute atomic E-state index is 0.212. The Balaban J connectivity index is 3.36. The minimum atomic E-state index is 0.212. The third-order valence-corrected chi connectivity index (χ3v) is 3.82. The lowest BCUT2D eigenvalue weighted by molar-refractivity contribution is -0.129. The molecule has 20 heavy (non-hydrogen) atoms. The van der Waals surface area contributed by atoms with Crippen molar-refractivity contribution in [3.05, 3.63) is 0 Å². The lowest BCUT2D eigenvalue weighted by Crippen LogP contribution is -2.29. The summed E-state index contributed by atoms with van der Waals surface area (Å²) in [6.07, 6.45) is 12.8. The fraction of sp³-hybridized carbons (Fsp3) is 0.875. The van der Waals surface area contributed by atoms with Crippen LogP contribution in [-0.4, -0.2) is 29.4 Å². The van der Waals surface area contributed by atoms with Gasteiger partial charge < -0.3 is 10.6 Å². The zero-order valence-electron chi connectivity index (χ0n) is 13.3. The highest BCUT2D eigenvalue weighted by molar-refractivity contribution is 7.80. The number of unbranched alkanes of at least 4 members (excludes halogenated alkanes) is 8. The van der Waals surface area contributed by atoms with Gasteiger partial charge in [-0.2, -0.15) is 0 Å². The average Bonchev–Trinajstić information content (AvgIpc) is 2.42. The predicted molar refractivity (Wildman–Crippen MR) is 90.9 cm³/mol. The number of nitrogens with two attached hydrogens (primary N) is 1. The van der Waals surface area contributed by atoms with Gasteiger partial charge in [0, 0.05) is 26.4 Å². The van der Waals surface area contributed by atoms with Gasteiger partial charge >= 0.3 is 0 Å². The molecule has 0 aromatic rings. The summed E-state index contributed by atoms with van der Waals surface area (Å²) in [6.45, 7) is 2.89. The van der Waals surface area contributed by atoms with E-state index in [1.165, 1.54) is 51.4 Å². The zero-order valence-corrected chi connectivity index (χ0v) is 14.1. The van der Waals surface area contributed by atoms with Crippen LogP contribution >= 0.6 is 12.2 Å². The topological polar surface area (TPSA) is 46.3 Å². The molecule has 1 amide bonds. The van der Waals surface area contributed by atoms with Gasteiger partial charge in [-0.05, 0) is 6.42 Å².